The summed E-state index contributed by atoms with van der Waals surface area (Å²) in [7, 11) is 0. The number of primary amides is 1. The maximum atomic E-state index is 12.4. The number of nitrogens with one attached hydrogen (secondary N) is 1. The zero-order chi connectivity index (χ0) is 18.4. The number of hydrogen-bond acceptors (Lipinski definition) is 4. The predicted octanol–water partition coefficient (Wildman–Crippen LogP) is 2.79. The van der Waals surface area contributed by atoms with Crippen LogP contribution in [0.4, 0.5) is 14.5 Å². The first kappa shape index (κ1) is 18.2. The molecule has 6 nitrogen and oxygen atoms in total. The van der Waals surface area contributed by atoms with Gasteiger partial charge in [-0.25, -0.2) is 0 Å². The van der Waals surface area contributed by atoms with Gasteiger partial charge in [0.15, 0.2) is 6.10 Å². The lowest BCUT2D eigenvalue weighted by Gasteiger charge is -2.17. The van der Waals surface area contributed by atoms with Crippen molar-refractivity contribution in [1.29, 1.82) is 0 Å². The third kappa shape index (κ3) is 4.90. The summed E-state index contributed by atoms with van der Waals surface area (Å²) in [4.78, 5) is 23.6. The Bertz CT molecular complexity index is 768. The highest BCUT2D eigenvalue weighted by molar-refractivity contribution is 5.97. The van der Waals surface area contributed by atoms with E-state index in [4.69, 9.17) is 10.5 Å². The lowest BCUT2D eigenvalue weighted by atomic mass is 10.2. The number of rotatable bonds is 7. The Hall–Kier alpha value is -3.16. The van der Waals surface area contributed by atoms with E-state index in [0.717, 1.165) is 0 Å². The Morgan fingerprint density at radius 3 is 2.24 bits per heavy atom. The summed E-state index contributed by atoms with van der Waals surface area (Å²) in [5.74, 6) is -1.33. The van der Waals surface area contributed by atoms with Crippen molar-refractivity contribution in [2.75, 3.05) is 5.32 Å². The summed E-state index contributed by atoms with van der Waals surface area (Å²) in [6.07, 6.45) is -1.01. The van der Waals surface area contributed by atoms with Gasteiger partial charge in [-0.15, -0.1) is 0 Å². The molecular weight excluding hydrogens is 334 g/mol. The van der Waals surface area contributed by atoms with Gasteiger partial charge in [0, 0.05) is 0 Å². The van der Waals surface area contributed by atoms with Crippen LogP contribution in [0.15, 0.2) is 48.5 Å². The summed E-state index contributed by atoms with van der Waals surface area (Å²) < 4.78 is 34.6. The van der Waals surface area contributed by atoms with Crippen LogP contribution in [0.2, 0.25) is 0 Å². The molecule has 0 saturated carbocycles. The topological polar surface area (TPSA) is 90.7 Å². The fourth-order valence-electron chi connectivity index (χ4n) is 2.02. The first-order chi connectivity index (χ1) is 11.9. The van der Waals surface area contributed by atoms with E-state index < -0.39 is 24.5 Å². The molecule has 0 radical (unpaired) electrons. The molecule has 25 heavy (non-hydrogen) atoms. The van der Waals surface area contributed by atoms with E-state index in [2.05, 4.69) is 10.1 Å². The number of carbonyl (C=O) groups excluding carboxylic acids is 2. The maximum Gasteiger partial charge on any atom is 0.387 e. The van der Waals surface area contributed by atoms with E-state index in [1.165, 1.54) is 37.3 Å². The van der Waals surface area contributed by atoms with Gasteiger partial charge in [-0.05, 0) is 31.2 Å². The van der Waals surface area contributed by atoms with Crippen molar-refractivity contribution in [1.82, 2.24) is 0 Å². The Morgan fingerprint density at radius 2 is 1.60 bits per heavy atom. The highest BCUT2D eigenvalue weighted by atomic mass is 19.3. The number of ether oxygens (including phenoxy) is 2. The molecule has 2 aromatic rings. The highest BCUT2D eigenvalue weighted by Gasteiger charge is 2.19. The van der Waals surface area contributed by atoms with Gasteiger partial charge in [0.2, 0.25) is 0 Å². The predicted molar refractivity (Wildman–Crippen MR) is 86.8 cm³/mol. The highest BCUT2D eigenvalue weighted by Crippen LogP contribution is 2.26. The lowest BCUT2D eigenvalue weighted by molar-refractivity contribution is -0.122. The van der Waals surface area contributed by atoms with Crippen LogP contribution in [-0.2, 0) is 4.79 Å². The lowest BCUT2D eigenvalue weighted by Crippen LogP contribution is -2.31. The molecule has 3 N–H and O–H groups in total. The monoisotopic (exact) mass is 350 g/mol. The standard InChI is InChI=1S/C17H16F2N2O4/c1-10(24-13-8-4-2-6-11(13)15(20)22)16(23)21-12-7-3-5-9-14(12)25-17(18)19/h2-10,17H,1H3,(H2,20,22)(H,21,23). The number of carbonyl (C=O) groups is 2. The van der Waals surface area contributed by atoms with Gasteiger partial charge in [0.25, 0.3) is 11.8 Å². The number of amides is 2. The number of benzene rings is 2. The van der Waals surface area contributed by atoms with E-state index in [0.29, 0.717) is 0 Å². The maximum absolute atomic E-state index is 12.4. The first-order valence-corrected chi connectivity index (χ1v) is 7.28. The number of alkyl halides is 2. The van der Waals surface area contributed by atoms with E-state index in [9.17, 15) is 18.4 Å². The van der Waals surface area contributed by atoms with Crippen molar-refractivity contribution in [3.8, 4) is 11.5 Å². The van der Waals surface area contributed by atoms with Crippen molar-refractivity contribution in [2.45, 2.75) is 19.6 Å². The van der Waals surface area contributed by atoms with Crippen molar-refractivity contribution >= 4 is 17.5 Å². The Kier molecular flexibility index (Phi) is 5.89. The van der Waals surface area contributed by atoms with Gasteiger partial charge in [-0.2, -0.15) is 8.78 Å². The largest absolute Gasteiger partial charge is 0.480 e. The molecule has 0 bridgehead atoms. The first-order valence-electron chi connectivity index (χ1n) is 7.28. The van der Waals surface area contributed by atoms with Gasteiger partial charge in [-0.3, -0.25) is 9.59 Å². The molecule has 132 valence electrons. The van der Waals surface area contributed by atoms with Crippen LogP contribution in [0.3, 0.4) is 0 Å². The molecule has 1 unspecified atom stereocenters. The number of para-hydroxylation sites is 3. The molecule has 2 aromatic carbocycles. The van der Waals surface area contributed by atoms with E-state index >= 15 is 0 Å². The quantitative estimate of drug-likeness (QED) is 0.803. The second kappa shape index (κ2) is 8.09. The van der Waals surface area contributed by atoms with Crippen molar-refractivity contribution in [3.05, 3.63) is 54.1 Å². The minimum Gasteiger partial charge on any atom is -0.480 e. The molecule has 8 heteroatoms. The third-order valence-electron chi connectivity index (χ3n) is 3.19. The molecule has 0 heterocycles. The van der Waals surface area contributed by atoms with Crippen LogP contribution in [-0.4, -0.2) is 24.5 Å². The Morgan fingerprint density at radius 1 is 1.00 bits per heavy atom. The minimum atomic E-state index is -3.02. The average Bonchev–Trinajstić information content (AvgIpc) is 2.56. The van der Waals surface area contributed by atoms with Crippen LogP contribution in [0, 0.1) is 0 Å². The summed E-state index contributed by atoms with van der Waals surface area (Å²) in [6, 6.07) is 12.0. The molecule has 0 spiro atoms. The van der Waals surface area contributed by atoms with Crippen molar-refractivity contribution < 1.29 is 27.8 Å². The summed E-state index contributed by atoms with van der Waals surface area (Å²) in [5, 5.41) is 2.45. The smallest absolute Gasteiger partial charge is 0.387 e. The van der Waals surface area contributed by atoms with Crippen molar-refractivity contribution in [2.24, 2.45) is 5.73 Å². The molecule has 1 atom stereocenters. The van der Waals surface area contributed by atoms with E-state index in [-0.39, 0.29) is 22.7 Å². The number of anilines is 1. The number of hydrogen-bond donors (Lipinski definition) is 2. The van der Waals surface area contributed by atoms with Gasteiger partial charge in [0.05, 0.1) is 11.3 Å². The summed E-state index contributed by atoms with van der Waals surface area (Å²) >= 11 is 0. The average molecular weight is 350 g/mol. The second-order valence-electron chi connectivity index (χ2n) is 4.98. The zero-order valence-corrected chi connectivity index (χ0v) is 13.2. The van der Waals surface area contributed by atoms with Crippen LogP contribution in [0.5, 0.6) is 11.5 Å². The molecule has 2 rings (SSSR count). The zero-order valence-electron chi connectivity index (χ0n) is 13.2. The molecule has 0 fully saturated rings. The fourth-order valence-corrected chi connectivity index (χ4v) is 2.02. The van der Waals surface area contributed by atoms with Gasteiger partial charge in [-0.1, -0.05) is 24.3 Å². The second-order valence-corrected chi connectivity index (χ2v) is 4.98. The van der Waals surface area contributed by atoms with E-state index in [1.54, 1.807) is 18.2 Å². The van der Waals surface area contributed by atoms with Gasteiger partial charge >= 0.3 is 6.61 Å². The Balaban J connectivity index is 2.10. The normalized spacial score (nSPS) is 11.7. The Labute approximate surface area is 142 Å². The van der Waals surface area contributed by atoms with Crippen LogP contribution in [0.1, 0.15) is 17.3 Å². The van der Waals surface area contributed by atoms with Crippen LogP contribution in [0.25, 0.3) is 0 Å². The third-order valence-corrected chi connectivity index (χ3v) is 3.19. The summed E-state index contributed by atoms with van der Waals surface area (Å²) in [6.45, 7) is -1.57. The molecule has 0 aromatic heterocycles. The fraction of sp³-hybridized carbons (Fsp3) is 0.176. The van der Waals surface area contributed by atoms with Crippen molar-refractivity contribution in [3.63, 3.8) is 0 Å². The van der Waals surface area contributed by atoms with Gasteiger partial charge < -0.3 is 20.5 Å². The molecular formula is C17H16F2N2O4. The number of halogens is 2. The molecule has 0 aliphatic carbocycles. The molecule has 0 aliphatic rings. The minimum absolute atomic E-state index is 0.0754. The number of nitrogens with two attached hydrogens (primary N) is 1. The molecule has 2 amide bonds. The summed E-state index contributed by atoms with van der Waals surface area (Å²) in [5.41, 5.74) is 5.45. The molecule has 0 aliphatic heterocycles. The van der Waals surface area contributed by atoms with E-state index in [1.807, 2.05) is 0 Å². The van der Waals surface area contributed by atoms with Gasteiger partial charge in [0.1, 0.15) is 11.5 Å². The van der Waals surface area contributed by atoms with Crippen LogP contribution < -0.4 is 20.5 Å². The molecule has 0 saturated heterocycles. The SMILES string of the molecule is CC(Oc1ccccc1C(N)=O)C(=O)Nc1ccccc1OC(F)F. The van der Waals surface area contributed by atoms with Crippen LogP contribution >= 0.6 is 0 Å².